The summed E-state index contributed by atoms with van der Waals surface area (Å²) in [6, 6.07) is 8.16. The monoisotopic (exact) mass is 248 g/mol. The first-order valence-electron chi connectivity index (χ1n) is 6.23. The second-order valence-electron chi connectivity index (χ2n) is 4.84. The first-order valence-corrected chi connectivity index (χ1v) is 6.23. The van der Waals surface area contributed by atoms with Crippen molar-refractivity contribution in [2.45, 2.75) is 32.0 Å². The number of aliphatic hydroxyl groups is 2. The van der Waals surface area contributed by atoms with Crippen molar-refractivity contribution in [3.8, 4) is 0 Å². The third-order valence-electron chi connectivity index (χ3n) is 3.03. The Morgan fingerprint density at radius 2 is 2.06 bits per heavy atom. The smallest absolute Gasteiger partial charge is 0.0949 e. The topological polar surface area (TPSA) is 71.4 Å². The van der Waals surface area contributed by atoms with Crippen LogP contribution in [0.15, 0.2) is 30.5 Å². The van der Waals surface area contributed by atoms with Gasteiger partial charge in [-0.25, -0.2) is 0 Å². The van der Waals surface area contributed by atoms with Crippen LogP contribution in [0.25, 0.3) is 10.9 Å². The Morgan fingerprint density at radius 1 is 1.33 bits per heavy atom. The number of aromatic nitrogens is 1. The van der Waals surface area contributed by atoms with Crippen LogP contribution in [0, 0.1) is 0 Å². The molecule has 0 spiro atoms. The predicted molar refractivity (Wildman–Crippen MR) is 72.4 cm³/mol. The molecule has 2 unspecified atom stereocenters. The van der Waals surface area contributed by atoms with Gasteiger partial charge in [0.1, 0.15) is 0 Å². The molecule has 0 aliphatic rings. The zero-order chi connectivity index (χ0) is 13.1. The van der Waals surface area contributed by atoms with Crippen LogP contribution in [0.1, 0.15) is 12.5 Å². The molecule has 98 valence electrons. The SMILES string of the molecule is CC(N)Cc1cn(CC(O)CO)c2ccccc12. The molecule has 4 N–H and O–H groups in total. The number of nitrogens with zero attached hydrogens (tertiary/aromatic N) is 1. The molecule has 0 fully saturated rings. The molecule has 2 rings (SSSR count). The number of aliphatic hydroxyl groups excluding tert-OH is 2. The van der Waals surface area contributed by atoms with E-state index in [1.165, 1.54) is 10.9 Å². The third-order valence-corrected chi connectivity index (χ3v) is 3.03. The Labute approximate surface area is 107 Å². The van der Waals surface area contributed by atoms with Crippen molar-refractivity contribution < 1.29 is 10.2 Å². The van der Waals surface area contributed by atoms with E-state index in [0.717, 1.165) is 11.9 Å². The summed E-state index contributed by atoms with van der Waals surface area (Å²) in [5.74, 6) is 0. The average Bonchev–Trinajstić information content (AvgIpc) is 2.67. The lowest BCUT2D eigenvalue weighted by molar-refractivity contribution is 0.0822. The van der Waals surface area contributed by atoms with Crippen LogP contribution in [0.4, 0.5) is 0 Å². The second-order valence-corrected chi connectivity index (χ2v) is 4.84. The van der Waals surface area contributed by atoms with Gasteiger partial charge in [0, 0.05) is 23.1 Å². The van der Waals surface area contributed by atoms with Gasteiger partial charge >= 0.3 is 0 Å². The minimum Gasteiger partial charge on any atom is -0.394 e. The van der Waals surface area contributed by atoms with E-state index in [1.807, 2.05) is 35.9 Å². The van der Waals surface area contributed by atoms with E-state index in [2.05, 4.69) is 6.07 Å². The Hall–Kier alpha value is -1.36. The predicted octanol–water partition coefficient (Wildman–Crippen LogP) is 0.884. The van der Waals surface area contributed by atoms with Crippen LogP contribution < -0.4 is 5.73 Å². The number of nitrogens with two attached hydrogens (primary N) is 1. The van der Waals surface area contributed by atoms with Gasteiger partial charge in [-0.1, -0.05) is 18.2 Å². The Bertz CT molecular complexity index is 519. The molecule has 0 bridgehead atoms. The molecular formula is C14H20N2O2. The highest BCUT2D eigenvalue weighted by Crippen LogP contribution is 2.22. The van der Waals surface area contributed by atoms with E-state index in [1.54, 1.807) is 0 Å². The summed E-state index contributed by atoms with van der Waals surface area (Å²) in [7, 11) is 0. The maximum Gasteiger partial charge on any atom is 0.0949 e. The Balaban J connectivity index is 2.40. The lowest BCUT2D eigenvalue weighted by Gasteiger charge is -2.09. The fourth-order valence-corrected chi connectivity index (χ4v) is 2.27. The van der Waals surface area contributed by atoms with Gasteiger partial charge in [0.2, 0.25) is 0 Å². The Morgan fingerprint density at radius 3 is 2.72 bits per heavy atom. The number of fused-ring (bicyclic) bond motifs is 1. The summed E-state index contributed by atoms with van der Waals surface area (Å²) >= 11 is 0. The van der Waals surface area contributed by atoms with Crippen molar-refractivity contribution in [2.75, 3.05) is 6.61 Å². The maximum absolute atomic E-state index is 9.57. The van der Waals surface area contributed by atoms with Crippen molar-refractivity contribution in [3.05, 3.63) is 36.0 Å². The minimum absolute atomic E-state index is 0.104. The maximum atomic E-state index is 9.57. The van der Waals surface area contributed by atoms with Gasteiger partial charge in [0.05, 0.1) is 19.3 Å². The van der Waals surface area contributed by atoms with E-state index in [-0.39, 0.29) is 12.6 Å². The molecule has 0 saturated heterocycles. The summed E-state index contributed by atoms with van der Waals surface area (Å²) in [6.07, 6.45) is 2.10. The van der Waals surface area contributed by atoms with Crippen LogP contribution in [0.3, 0.4) is 0 Å². The highest BCUT2D eigenvalue weighted by atomic mass is 16.3. The summed E-state index contributed by atoms with van der Waals surface area (Å²) in [5.41, 5.74) is 8.11. The molecule has 4 nitrogen and oxygen atoms in total. The van der Waals surface area contributed by atoms with Gasteiger partial charge in [-0.3, -0.25) is 0 Å². The van der Waals surface area contributed by atoms with Crippen LogP contribution in [0.5, 0.6) is 0 Å². The normalized spacial score (nSPS) is 14.9. The molecule has 0 amide bonds. The highest BCUT2D eigenvalue weighted by molar-refractivity contribution is 5.84. The molecule has 0 aliphatic carbocycles. The molecular weight excluding hydrogens is 228 g/mol. The van der Waals surface area contributed by atoms with Crippen molar-refractivity contribution in [1.29, 1.82) is 0 Å². The zero-order valence-corrected chi connectivity index (χ0v) is 10.6. The number of hydrogen-bond acceptors (Lipinski definition) is 3. The third kappa shape index (κ3) is 2.72. The fraction of sp³-hybridized carbons (Fsp3) is 0.429. The largest absolute Gasteiger partial charge is 0.394 e. The first kappa shape index (κ1) is 13.1. The fourth-order valence-electron chi connectivity index (χ4n) is 2.27. The molecule has 2 atom stereocenters. The molecule has 1 aromatic carbocycles. The van der Waals surface area contributed by atoms with Crippen molar-refractivity contribution >= 4 is 10.9 Å². The molecule has 1 aromatic heterocycles. The molecule has 0 saturated carbocycles. The number of rotatable bonds is 5. The summed E-state index contributed by atoms with van der Waals surface area (Å²) in [4.78, 5) is 0. The molecule has 1 heterocycles. The molecule has 18 heavy (non-hydrogen) atoms. The standard InChI is InChI=1S/C14H20N2O2/c1-10(15)6-11-7-16(8-12(18)9-17)14-5-3-2-4-13(11)14/h2-5,7,10,12,17-18H,6,8-9,15H2,1H3. The summed E-state index contributed by atoms with van der Waals surface area (Å²) in [6.45, 7) is 2.15. The lowest BCUT2D eigenvalue weighted by Crippen LogP contribution is -2.19. The van der Waals surface area contributed by atoms with Crippen LogP contribution in [-0.4, -0.2) is 33.5 Å². The molecule has 0 aliphatic heterocycles. The summed E-state index contributed by atoms with van der Waals surface area (Å²) in [5, 5.41) is 19.7. The van der Waals surface area contributed by atoms with Crippen molar-refractivity contribution in [3.63, 3.8) is 0 Å². The zero-order valence-electron chi connectivity index (χ0n) is 10.6. The molecule has 2 aromatic rings. The van der Waals surface area contributed by atoms with E-state index in [9.17, 15) is 5.11 Å². The lowest BCUT2D eigenvalue weighted by atomic mass is 10.1. The van der Waals surface area contributed by atoms with Crippen LogP contribution in [0.2, 0.25) is 0 Å². The van der Waals surface area contributed by atoms with Crippen LogP contribution >= 0.6 is 0 Å². The van der Waals surface area contributed by atoms with Crippen molar-refractivity contribution in [1.82, 2.24) is 4.57 Å². The number of benzene rings is 1. The second kappa shape index (κ2) is 5.52. The van der Waals surface area contributed by atoms with Gasteiger partial charge in [0.25, 0.3) is 0 Å². The molecule has 4 heteroatoms. The van der Waals surface area contributed by atoms with Gasteiger partial charge in [-0.05, 0) is 25.0 Å². The van der Waals surface area contributed by atoms with E-state index >= 15 is 0 Å². The Kier molecular flexibility index (Phi) is 4.01. The van der Waals surface area contributed by atoms with Crippen LogP contribution in [-0.2, 0) is 13.0 Å². The average molecular weight is 248 g/mol. The molecule has 0 radical (unpaired) electrons. The van der Waals surface area contributed by atoms with Gasteiger partial charge in [-0.15, -0.1) is 0 Å². The van der Waals surface area contributed by atoms with E-state index in [0.29, 0.717) is 6.54 Å². The minimum atomic E-state index is -0.732. The summed E-state index contributed by atoms with van der Waals surface area (Å²) < 4.78 is 1.98. The number of hydrogen-bond donors (Lipinski definition) is 3. The number of para-hydroxylation sites is 1. The van der Waals surface area contributed by atoms with E-state index < -0.39 is 6.10 Å². The van der Waals surface area contributed by atoms with E-state index in [4.69, 9.17) is 10.8 Å². The highest BCUT2D eigenvalue weighted by Gasteiger charge is 2.11. The first-order chi connectivity index (χ1) is 8.61. The van der Waals surface area contributed by atoms with Gasteiger partial charge in [0.15, 0.2) is 0 Å². The van der Waals surface area contributed by atoms with Crippen molar-refractivity contribution in [2.24, 2.45) is 5.73 Å². The quantitative estimate of drug-likeness (QED) is 0.735. The van der Waals surface area contributed by atoms with Gasteiger partial charge < -0.3 is 20.5 Å². The van der Waals surface area contributed by atoms with Gasteiger partial charge in [-0.2, -0.15) is 0 Å².